The van der Waals surface area contributed by atoms with Gasteiger partial charge in [-0.05, 0) is 50.8 Å². The number of halogens is 1. The normalized spacial score (nSPS) is 15.6. The molecule has 1 aromatic rings. The smallest absolute Gasteiger partial charge is 0.137 e. The van der Waals surface area contributed by atoms with E-state index in [0.29, 0.717) is 5.02 Å². The standard InChI is InChI=1S/C16H24ClNO/c1-16(2,3)18-11-13-6-7-15(14(17)10-13)19-9-8-12-4-5-12/h6-7,10,12,18H,4-5,8-9,11H2,1-3H3. The van der Waals surface area contributed by atoms with Crippen molar-refractivity contribution in [3.63, 3.8) is 0 Å². The van der Waals surface area contributed by atoms with Gasteiger partial charge in [-0.2, -0.15) is 0 Å². The molecule has 106 valence electrons. The van der Waals surface area contributed by atoms with Gasteiger partial charge in [0.1, 0.15) is 5.75 Å². The Hall–Kier alpha value is -0.730. The van der Waals surface area contributed by atoms with E-state index in [4.69, 9.17) is 16.3 Å². The van der Waals surface area contributed by atoms with Crippen LogP contribution in [0.4, 0.5) is 0 Å². The van der Waals surface area contributed by atoms with E-state index in [9.17, 15) is 0 Å². The van der Waals surface area contributed by atoms with E-state index in [1.54, 1.807) is 0 Å². The Morgan fingerprint density at radius 2 is 2.05 bits per heavy atom. The Morgan fingerprint density at radius 3 is 2.63 bits per heavy atom. The van der Waals surface area contributed by atoms with Crippen molar-refractivity contribution >= 4 is 11.6 Å². The fourth-order valence-electron chi connectivity index (χ4n) is 1.88. The van der Waals surface area contributed by atoms with Crippen LogP contribution >= 0.6 is 11.6 Å². The lowest BCUT2D eigenvalue weighted by Crippen LogP contribution is -2.35. The van der Waals surface area contributed by atoms with Crippen molar-refractivity contribution in [2.75, 3.05) is 6.61 Å². The Bertz CT molecular complexity index is 421. The van der Waals surface area contributed by atoms with E-state index in [1.165, 1.54) is 18.4 Å². The lowest BCUT2D eigenvalue weighted by molar-refractivity contribution is 0.302. The lowest BCUT2D eigenvalue weighted by atomic mass is 10.1. The van der Waals surface area contributed by atoms with Gasteiger partial charge in [-0.1, -0.05) is 30.5 Å². The Labute approximate surface area is 121 Å². The van der Waals surface area contributed by atoms with Crippen molar-refractivity contribution in [3.8, 4) is 5.75 Å². The SMILES string of the molecule is CC(C)(C)NCc1ccc(OCCC2CC2)c(Cl)c1. The molecule has 1 N–H and O–H groups in total. The fourth-order valence-corrected chi connectivity index (χ4v) is 2.14. The van der Waals surface area contributed by atoms with Crippen molar-refractivity contribution < 1.29 is 4.74 Å². The zero-order valence-corrected chi connectivity index (χ0v) is 12.9. The van der Waals surface area contributed by atoms with Crippen LogP contribution in [0.3, 0.4) is 0 Å². The van der Waals surface area contributed by atoms with Crippen LogP contribution in [-0.4, -0.2) is 12.1 Å². The predicted molar refractivity (Wildman–Crippen MR) is 80.9 cm³/mol. The van der Waals surface area contributed by atoms with E-state index in [-0.39, 0.29) is 5.54 Å². The van der Waals surface area contributed by atoms with E-state index in [1.807, 2.05) is 12.1 Å². The first-order valence-corrected chi connectivity index (χ1v) is 7.48. The van der Waals surface area contributed by atoms with Crippen molar-refractivity contribution in [2.24, 2.45) is 5.92 Å². The molecule has 0 unspecified atom stereocenters. The predicted octanol–water partition coefficient (Wildman–Crippen LogP) is 4.41. The molecule has 19 heavy (non-hydrogen) atoms. The van der Waals surface area contributed by atoms with Gasteiger partial charge >= 0.3 is 0 Å². The van der Waals surface area contributed by atoms with Gasteiger partial charge in [0, 0.05) is 12.1 Å². The number of hydrogen-bond donors (Lipinski definition) is 1. The van der Waals surface area contributed by atoms with Crippen LogP contribution in [0.25, 0.3) is 0 Å². The van der Waals surface area contributed by atoms with Gasteiger partial charge in [-0.15, -0.1) is 0 Å². The van der Waals surface area contributed by atoms with Crippen LogP contribution in [0.5, 0.6) is 5.75 Å². The minimum absolute atomic E-state index is 0.117. The largest absolute Gasteiger partial charge is 0.492 e. The zero-order chi connectivity index (χ0) is 13.9. The molecule has 0 aromatic heterocycles. The summed E-state index contributed by atoms with van der Waals surface area (Å²) in [6, 6.07) is 6.05. The summed E-state index contributed by atoms with van der Waals surface area (Å²) in [6.07, 6.45) is 3.90. The summed E-state index contributed by atoms with van der Waals surface area (Å²) in [6.45, 7) is 8.08. The van der Waals surface area contributed by atoms with Crippen molar-refractivity contribution in [1.82, 2.24) is 5.32 Å². The molecule has 0 bridgehead atoms. The molecule has 2 rings (SSSR count). The molecule has 2 nitrogen and oxygen atoms in total. The summed E-state index contributed by atoms with van der Waals surface area (Å²) in [5, 5.41) is 4.16. The average Bonchev–Trinajstić information content (AvgIpc) is 3.12. The highest BCUT2D eigenvalue weighted by atomic mass is 35.5. The van der Waals surface area contributed by atoms with Crippen LogP contribution < -0.4 is 10.1 Å². The molecule has 0 aliphatic heterocycles. The van der Waals surface area contributed by atoms with Crippen LogP contribution in [0.2, 0.25) is 5.02 Å². The molecule has 3 heteroatoms. The molecule has 0 radical (unpaired) electrons. The molecular weight excluding hydrogens is 258 g/mol. The van der Waals surface area contributed by atoms with Crippen molar-refractivity contribution in [1.29, 1.82) is 0 Å². The maximum Gasteiger partial charge on any atom is 0.137 e. The van der Waals surface area contributed by atoms with Gasteiger partial charge in [-0.3, -0.25) is 0 Å². The first kappa shape index (κ1) is 14.7. The molecule has 1 fully saturated rings. The Kier molecular flexibility index (Phi) is 4.75. The second-order valence-electron chi connectivity index (χ2n) is 6.45. The molecule has 0 amide bonds. The summed E-state index contributed by atoms with van der Waals surface area (Å²) < 4.78 is 5.74. The number of ether oxygens (including phenoxy) is 1. The van der Waals surface area contributed by atoms with Crippen molar-refractivity contribution in [2.45, 2.75) is 52.1 Å². The molecule has 0 heterocycles. The van der Waals surface area contributed by atoms with Gasteiger partial charge < -0.3 is 10.1 Å². The van der Waals surface area contributed by atoms with E-state index in [2.05, 4.69) is 32.2 Å². The maximum absolute atomic E-state index is 6.26. The number of benzene rings is 1. The first-order chi connectivity index (χ1) is 8.94. The van der Waals surface area contributed by atoms with Crippen molar-refractivity contribution in [3.05, 3.63) is 28.8 Å². The Morgan fingerprint density at radius 1 is 1.32 bits per heavy atom. The Balaban J connectivity index is 1.84. The van der Waals surface area contributed by atoms with E-state index in [0.717, 1.165) is 31.2 Å². The highest BCUT2D eigenvalue weighted by Gasteiger charge is 2.20. The highest BCUT2D eigenvalue weighted by Crippen LogP contribution is 2.33. The number of nitrogens with one attached hydrogen (secondary N) is 1. The quantitative estimate of drug-likeness (QED) is 0.834. The maximum atomic E-state index is 6.26. The molecule has 1 saturated carbocycles. The summed E-state index contributed by atoms with van der Waals surface area (Å²) >= 11 is 6.26. The van der Waals surface area contributed by atoms with Gasteiger partial charge in [0.25, 0.3) is 0 Å². The number of rotatable bonds is 6. The molecule has 0 atom stereocenters. The van der Waals surface area contributed by atoms with Gasteiger partial charge in [0.15, 0.2) is 0 Å². The summed E-state index contributed by atoms with van der Waals surface area (Å²) in [7, 11) is 0. The second kappa shape index (κ2) is 6.15. The molecule has 1 aromatic carbocycles. The third-order valence-electron chi connectivity index (χ3n) is 3.30. The zero-order valence-electron chi connectivity index (χ0n) is 12.1. The van der Waals surface area contributed by atoms with Gasteiger partial charge in [0.05, 0.1) is 11.6 Å². The minimum atomic E-state index is 0.117. The van der Waals surface area contributed by atoms with Crippen LogP contribution in [0, 0.1) is 5.92 Å². The highest BCUT2D eigenvalue weighted by molar-refractivity contribution is 6.32. The topological polar surface area (TPSA) is 21.3 Å². The molecule has 1 aliphatic rings. The molecule has 1 aliphatic carbocycles. The van der Waals surface area contributed by atoms with Crippen LogP contribution in [0.15, 0.2) is 18.2 Å². The average molecular weight is 282 g/mol. The van der Waals surface area contributed by atoms with E-state index < -0.39 is 0 Å². The summed E-state index contributed by atoms with van der Waals surface area (Å²) in [4.78, 5) is 0. The van der Waals surface area contributed by atoms with Crippen LogP contribution in [-0.2, 0) is 6.54 Å². The van der Waals surface area contributed by atoms with Gasteiger partial charge in [0.2, 0.25) is 0 Å². The first-order valence-electron chi connectivity index (χ1n) is 7.10. The van der Waals surface area contributed by atoms with Crippen LogP contribution in [0.1, 0.15) is 45.6 Å². The molecule has 0 spiro atoms. The summed E-state index contributed by atoms with van der Waals surface area (Å²) in [5.74, 6) is 1.70. The number of hydrogen-bond acceptors (Lipinski definition) is 2. The molecule has 0 saturated heterocycles. The fraction of sp³-hybridized carbons (Fsp3) is 0.625. The minimum Gasteiger partial charge on any atom is -0.492 e. The lowest BCUT2D eigenvalue weighted by Gasteiger charge is -2.20. The third kappa shape index (κ3) is 5.42. The third-order valence-corrected chi connectivity index (χ3v) is 3.60. The monoisotopic (exact) mass is 281 g/mol. The second-order valence-corrected chi connectivity index (χ2v) is 6.86. The summed E-state index contributed by atoms with van der Waals surface area (Å²) in [5.41, 5.74) is 1.31. The van der Waals surface area contributed by atoms with Gasteiger partial charge in [-0.25, -0.2) is 0 Å². The van der Waals surface area contributed by atoms with E-state index >= 15 is 0 Å². The molecular formula is C16H24ClNO.